The summed E-state index contributed by atoms with van der Waals surface area (Å²) < 4.78 is 11.6. The summed E-state index contributed by atoms with van der Waals surface area (Å²) in [7, 11) is 0. The number of ether oxygens (including phenoxy) is 2. The van der Waals surface area contributed by atoms with Gasteiger partial charge >= 0.3 is 5.97 Å². The summed E-state index contributed by atoms with van der Waals surface area (Å²) in [6.07, 6.45) is 23.6. The number of hydrogen-bond acceptors (Lipinski definition) is 6. The van der Waals surface area contributed by atoms with Crippen molar-refractivity contribution in [2.45, 2.75) is 137 Å². The number of Topliss-reactive ketones (excluding diaryl/α,β-unsaturated/α-hetero) is 1. The van der Waals surface area contributed by atoms with Crippen LogP contribution in [0.3, 0.4) is 0 Å². The van der Waals surface area contributed by atoms with Crippen molar-refractivity contribution in [2.75, 3.05) is 0 Å². The molecule has 0 aromatic carbocycles. The first-order valence-electron chi connectivity index (χ1n) is 17.1. The Morgan fingerprint density at radius 3 is 1.92 bits per heavy atom. The minimum atomic E-state index is -1.11. The lowest BCUT2D eigenvalue weighted by atomic mass is 9.61. The molecule has 1 aliphatic heterocycles. The van der Waals surface area contributed by atoms with Crippen LogP contribution in [0.25, 0.3) is 0 Å². The van der Waals surface area contributed by atoms with E-state index in [1.54, 1.807) is 6.92 Å². The first-order valence-corrected chi connectivity index (χ1v) is 17.1. The topological polar surface area (TPSA) is 96.4 Å². The van der Waals surface area contributed by atoms with Gasteiger partial charge in [-0.15, -0.1) is 5.73 Å². The van der Waals surface area contributed by atoms with Crippen molar-refractivity contribution in [1.82, 2.24) is 0 Å². The lowest BCUT2D eigenvalue weighted by Crippen LogP contribution is -2.48. The number of epoxide rings is 1. The summed E-state index contributed by atoms with van der Waals surface area (Å²) in [4.78, 5) is 24.5. The Labute approximate surface area is 289 Å². The standard InChI is InChI=1S/C42H58O6/c1-29(18-14-19-31(3)22-23-37-38(6,7)26-35(47-33(5)43)27-40(37,10)46)16-12-13-17-30(2)20-15-21-32(4)36(45)28-42-39(8,9)24-34(44)25-41(42,11)48-42/h12-22,34-35,44,46H,24-28H2,1-11H3/b13-12+,18-14+,20-15+,29-16+,30-17+,31-19+,32-21-/t23?,34-,35-,40+,41+,42-/m0/s1. The fraction of sp³-hybridized carbons (Fsp3) is 0.548. The van der Waals surface area contributed by atoms with E-state index >= 15 is 0 Å². The molecule has 6 heteroatoms. The molecule has 0 spiro atoms. The second kappa shape index (κ2) is 15.1. The Kier molecular flexibility index (Phi) is 12.3. The van der Waals surface area contributed by atoms with Crippen molar-refractivity contribution in [3.05, 3.63) is 100 Å². The minimum absolute atomic E-state index is 0.0816. The summed E-state index contributed by atoms with van der Waals surface area (Å²) in [5.41, 5.74) is 5.35. The Hall–Kier alpha value is -3.28. The molecule has 1 heterocycles. The van der Waals surface area contributed by atoms with Gasteiger partial charge in [0.05, 0.1) is 17.3 Å². The third-order valence-corrected chi connectivity index (χ3v) is 10.1. The normalized spacial score (nSPS) is 32.4. The molecular formula is C42H58O6. The zero-order valence-electron chi connectivity index (χ0n) is 31.1. The van der Waals surface area contributed by atoms with Gasteiger partial charge < -0.3 is 19.7 Å². The molecule has 0 aromatic rings. The minimum Gasteiger partial charge on any atom is -0.462 e. The number of fused-ring (bicyclic) bond motifs is 1. The molecule has 0 aromatic heterocycles. The molecule has 1 saturated heterocycles. The van der Waals surface area contributed by atoms with Crippen molar-refractivity contribution in [3.8, 4) is 0 Å². The van der Waals surface area contributed by atoms with Crippen LogP contribution in [0, 0.1) is 10.8 Å². The Bertz CT molecular complexity index is 1510. The van der Waals surface area contributed by atoms with E-state index in [9.17, 15) is 19.8 Å². The van der Waals surface area contributed by atoms with Gasteiger partial charge in [-0.25, -0.2) is 0 Å². The summed E-state index contributed by atoms with van der Waals surface area (Å²) in [6, 6.07) is 0. The van der Waals surface area contributed by atoms with Gasteiger partial charge in [0.25, 0.3) is 0 Å². The van der Waals surface area contributed by atoms with E-state index in [1.165, 1.54) is 6.92 Å². The molecule has 3 aliphatic rings. The monoisotopic (exact) mass is 658 g/mol. The quantitative estimate of drug-likeness (QED) is 0.0758. The Morgan fingerprint density at radius 1 is 0.812 bits per heavy atom. The fourth-order valence-electron chi connectivity index (χ4n) is 7.76. The fourth-order valence-corrected chi connectivity index (χ4v) is 7.76. The molecule has 262 valence electrons. The predicted molar refractivity (Wildman–Crippen MR) is 194 cm³/mol. The third kappa shape index (κ3) is 9.66. The van der Waals surface area contributed by atoms with Gasteiger partial charge in [-0.3, -0.25) is 9.59 Å². The summed E-state index contributed by atoms with van der Waals surface area (Å²) >= 11 is 0. The number of aliphatic hydroxyl groups excluding tert-OH is 1. The molecule has 0 amide bonds. The van der Waals surface area contributed by atoms with Crippen molar-refractivity contribution < 1.29 is 29.3 Å². The Morgan fingerprint density at radius 2 is 1.38 bits per heavy atom. The molecule has 0 bridgehead atoms. The van der Waals surface area contributed by atoms with Gasteiger partial charge in [-0.1, -0.05) is 99.6 Å². The van der Waals surface area contributed by atoms with E-state index in [2.05, 4.69) is 19.6 Å². The molecule has 6 nitrogen and oxygen atoms in total. The zero-order valence-corrected chi connectivity index (χ0v) is 31.1. The highest BCUT2D eigenvalue weighted by Crippen LogP contribution is 2.67. The van der Waals surface area contributed by atoms with E-state index in [0.717, 1.165) is 22.3 Å². The van der Waals surface area contributed by atoms with Gasteiger partial charge in [-0.05, 0) is 82.4 Å². The molecule has 48 heavy (non-hydrogen) atoms. The van der Waals surface area contributed by atoms with Crippen LogP contribution in [0.4, 0.5) is 0 Å². The number of hydrogen-bond donors (Lipinski definition) is 2. The van der Waals surface area contributed by atoms with Crippen molar-refractivity contribution >= 4 is 11.8 Å². The van der Waals surface area contributed by atoms with Crippen molar-refractivity contribution in [3.63, 3.8) is 0 Å². The maximum absolute atomic E-state index is 13.1. The summed E-state index contributed by atoms with van der Waals surface area (Å²) in [5, 5.41) is 21.4. The van der Waals surface area contributed by atoms with E-state index in [-0.39, 0.29) is 34.8 Å². The lowest BCUT2D eigenvalue weighted by Gasteiger charge is -2.44. The van der Waals surface area contributed by atoms with Crippen LogP contribution >= 0.6 is 0 Å². The maximum atomic E-state index is 13.1. The largest absolute Gasteiger partial charge is 0.462 e. The highest BCUT2D eigenvalue weighted by molar-refractivity contribution is 5.96. The van der Waals surface area contributed by atoms with Crippen LogP contribution in [0.5, 0.6) is 0 Å². The molecule has 2 aliphatic carbocycles. The highest BCUT2D eigenvalue weighted by Gasteiger charge is 2.76. The molecule has 3 rings (SSSR count). The smallest absolute Gasteiger partial charge is 0.302 e. The average Bonchev–Trinajstić information content (AvgIpc) is 3.53. The van der Waals surface area contributed by atoms with Gasteiger partial charge in [0.15, 0.2) is 5.78 Å². The zero-order chi connectivity index (χ0) is 36.1. The number of carbonyl (C=O) groups excluding carboxylic acids is 2. The molecule has 3 fully saturated rings. The first-order chi connectivity index (χ1) is 22.1. The third-order valence-electron chi connectivity index (χ3n) is 10.1. The number of aliphatic hydroxyl groups is 2. The van der Waals surface area contributed by atoms with Gasteiger partial charge in [0.2, 0.25) is 0 Å². The highest BCUT2D eigenvalue weighted by atomic mass is 16.6. The number of allylic oxidation sites excluding steroid dienone is 14. The number of esters is 1. The van der Waals surface area contributed by atoms with Crippen molar-refractivity contribution in [1.29, 1.82) is 0 Å². The van der Waals surface area contributed by atoms with Crippen LogP contribution < -0.4 is 0 Å². The van der Waals surface area contributed by atoms with Crippen LogP contribution in [0.2, 0.25) is 0 Å². The number of carbonyl (C=O) groups is 2. The maximum Gasteiger partial charge on any atom is 0.302 e. The van der Waals surface area contributed by atoms with Crippen LogP contribution in [-0.4, -0.2) is 51.0 Å². The molecular weight excluding hydrogens is 600 g/mol. The van der Waals surface area contributed by atoms with Crippen LogP contribution in [0.15, 0.2) is 100 Å². The first kappa shape index (κ1) is 39.2. The predicted octanol–water partition coefficient (Wildman–Crippen LogP) is 8.69. The van der Waals surface area contributed by atoms with Gasteiger partial charge in [-0.2, -0.15) is 0 Å². The lowest BCUT2D eigenvalue weighted by molar-refractivity contribution is -0.152. The van der Waals surface area contributed by atoms with E-state index in [1.807, 2.05) is 115 Å². The second-order valence-corrected chi connectivity index (χ2v) is 15.9. The molecule has 2 N–H and O–H groups in total. The van der Waals surface area contributed by atoms with Crippen LogP contribution in [-0.2, 0) is 19.1 Å². The van der Waals surface area contributed by atoms with E-state index in [4.69, 9.17) is 9.47 Å². The van der Waals surface area contributed by atoms with E-state index in [0.29, 0.717) is 37.7 Å². The van der Waals surface area contributed by atoms with Crippen LogP contribution in [0.1, 0.15) is 108 Å². The van der Waals surface area contributed by atoms with Crippen molar-refractivity contribution in [2.24, 2.45) is 10.8 Å². The van der Waals surface area contributed by atoms with E-state index < -0.39 is 16.8 Å². The van der Waals surface area contributed by atoms with Gasteiger partial charge in [0, 0.05) is 31.8 Å². The molecule has 5 atom stereocenters. The summed E-state index contributed by atoms with van der Waals surface area (Å²) in [5.74, 6) is -0.244. The Balaban J connectivity index is 1.54. The molecule has 0 radical (unpaired) electrons. The number of rotatable bonds is 11. The second-order valence-electron chi connectivity index (χ2n) is 15.9. The summed E-state index contributed by atoms with van der Waals surface area (Å²) in [6.45, 7) is 21.4. The SMILES string of the molecule is CC(=O)O[C@H]1CC(C)(C)C(=C=C/C(C)=C/C=C/C(C)=C/C=C/C=C(C)/C=C/C=C(/C)C(=O)C[C@@]23O[C@]2(C)C[C@@H](O)CC3(C)C)[C@](C)(O)C1. The average molecular weight is 659 g/mol. The molecule has 2 saturated carbocycles. The molecule has 0 unspecified atom stereocenters. The number of ketones is 1. The van der Waals surface area contributed by atoms with Gasteiger partial charge in [0.1, 0.15) is 11.7 Å².